The van der Waals surface area contributed by atoms with Crippen LogP contribution in [0, 0.1) is 5.82 Å². The number of aromatic amines is 1. The number of aliphatic hydroxyl groups is 1. The quantitative estimate of drug-likeness (QED) is 0.449. The minimum atomic E-state index is -0.605. The lowest BCUT2D eigenvalue weighted by Gasteiger charge is -2.24. The van der Waals surface area contributed by atoms with Crippen LogP contribution in [0.15, 0.2) is 64.8 Å². The van der Waals surface area contributed by atoms with Crippen LogP contribution in [-0.4, -0.2) is 32.6 Å². The van der Waals surface area contributed by atoms with Crippen LogP contribution < -0.4 is 5.56 Å². The maximum absolute atomic E-state index is 14.3. The summed E-state index contributed by atoms with van der Waals surface area (Å²) in [6.07, 6.45) is 1.54. The predicted octanol–water partition coefficient (Wildman–Crippen LogP) is 4.49. The van der Waals surface area contributed by atoms with Crippen LogP contribution in [-0.2, 0) is 6.54 Å². The first kappa shape index (κ1) is 20.1. The lowest BCUT2D eigenvalue weighted by Crippen LogP contribution is -2.32. The van der Waals surface area contributed by atoms with Gasteiger partial charge in [0.2, 0.25) is 0 Å². The van der Waals surface area contributed by atoms with Crippen molar-refractivity contribution in [3.63, 3.8) is 0 Å². The molecule has 0 bridgehead atoms. The van der Waals surface area contributed by atoms with Crippen LogP contribution in [0.1, 0.15) is 30.3 Å². The van der Waals surface area contributed by atoms with Crippen molar-refractivity contribution in [2.45, 2.75) is 31.5 Å². The van der Waals surface area contributed by atoms with E-state index < -0.39 is 6.10 Å². The Morgan fingerprint density at radius 1 is 1.13 bits per heavy atom. The summed E-state index contributed by atoms with van der Waals surface area (Å²) in [5.41, 5.74) is 1.58. The van der Waals surface area contributed by atoms with Gasteiger partial charge in [0.1, 0.15) is 16.5 Å². The number of benzene rings is 2. The highest BCUT2D eigenvalue weighted by Crippen LogP contribution is 2.33. The number of thiophene rings is 1. The molecule has 0 aliphatic heterocycles. The molecule has 4 aromatic rings. The lowest BCUT2D eigenvalue weighted by atomic mass is 10.1. The normalized spacial score (nSPS) is 14.9. The minimum absolute atomic E-state index is 0.265. The molecule has 1 fully saturated rings. The molecule has 2 heterocycles. The zero-order valence-corrected chi connectivity index (χ0v) is 17.6. The Hall–Kier alpha value is -2.87. The summed E-state index contributed by atoms with van der Waals surface area (Å²) in [5.74, 6) is 0.201. The highest BCUT2D eigenvalue weighted by atomic mass is 32.1. The van der Waals surface area contributed by atoms with Crippen LogP contribution in [0.25, 0.3) is 21.3 Å². The number of nitrogens with one attached hydrogen (secondary N) is 1. The third kappa shape index (κ3) is 4.17. The van der Waals surface area contributed by atoms with Gasteiger partial charge >= 0.3 is 0 Å². The molecular formula is C24H22FN3O2S. The molecule has 7 heteroatoms. The molecule has 1 saturated carbocycles. The first-order chi connectivity index (χ1) is 15.1. The fraction of sp³-hybridized carbons (Fsp3) is 0.250. The number of nitrogens with zero attached hydrogens (tertiary/aromatic N) is 2. The fourth-order valence-electron chi connectivity index (χ4n) is 3.92. The Balaban J connectivity index is 1.42. The SMILES string of the molecule is O=c1[nH]c(CN(CC(O)c2ccccc2)C2CC2)nc2scc(-c3ccccc3F)c12. The van der Waals surface area contributed by atoms with Gasteiger partial charge in [0, 0.05) is 29.1 Å². The average Bonchev–Trinajstić information content (AvgIpc) is 3.54. The summed E-state index contributed by atoms with van der Waals surface area (Å²) in [5, 5.41) is 12.9. The van der Waals surface area contributed by atoms with Crippen molar-refractivity contribution in [3.05, 3.63) is 87.5 Å². The van der Waals surface area contributed by atoms with Gasteiger partial charge in [0.05, 0.1) is 18.0 Å². The van der Waals surface area contributed by atoms with Gasteiger partial charge in [-0.25, -0.2) is 9.37 Å². The second-order valence-electron chi connectivity index (χ2n) is 7.91. The second kappa shape index (κ2) is 8.34. The van der Waals surface area contributed by atoms with Crippen molar-refractivity contribution in [1.29, 1.82) is 0 Å². The van der Waals surface area contributed by atoms with Gasteiger partial charge in [-0.1, -0.05) is 48.5 Å². The van der Waals surface area contributed by atoms with E-state index in [2.05, 4.69) is 14.9 Å². The molecule has 2 aromatic carbocycles. The maximum Gasteiger partial charge on any atom is 0.260 e. The third-order valence-electron chi connectivity index (χ3n) is 5.66. The molecule has 2 N–H and O–H groups in total. The summed E-state index contributed by atoms with van der Waals surface area (Å²) in [7, 11) is 0. The average molecular weight is 436 g/mol. The Labute approximate surface area is 182 Å². The molecule has 0 radical (unpaired) electrons. The highest BCUT2D eigenvalue weighted by Gasteiger charge is 2.31. The number of halogens is 1. The van der Waals surface area contributed by atoms with Crippen molar-refractivity contribution in [2.24, 2.45) is 0 Å². The van der Waals surface area contributed by atoms with Crippen molar-refractivity contribution >= 4 is 21.6 Å². The highest BCUT2D eigenvalue weighted by molar-refractivity contribution is 7.17. The van der Waals surface area contributed by atoms with E-state index in [1.165, 1.54) is 17.4 Å². The molecule has 1 atom stereocenters. The van der Waals surface area contributed by atoms with Gasteiger partial charge in [0.25, 0.3) is 5.56 Å². The van der Waals surface area contributed by atoms with Crippen LogP contribution >= 0.6 is 11.3 Å². The van der Waals surface area contributed by atoms with Crippen molar-refractivity contribution in [1.82, 2.24) is 14.9 Å². The van der Waals surface area contributed by atoms with Gasteiger partial charge in [-0.3, -0.25) is 9.69 Å². The van der Waals surface area contributed by atoms with Gasteiger partial charge in [-0.15, -0.1) is 11.3 Å². The predicted molar refractivity (Wildman–Crippen MR) is 120 cm³/mol. The number of rotatable bonds is 7. The van der Waals surface area contributed by atoms with Gasteiger partial charge in [-0.05, 0) is 24.5 Å². The number of aromatic nitrogens is 2. The maximum atomic E-state index is 14.3. The number of hydrogen-bond acceptors (Lipinski definition) is 5. The van der Waals surface area contributed by atoms with Crippen molar-refractivity contribution in [2.75, 3.05) is 6.54 Å². The summed E-state index contributed by atoms with van der Waals surface area (Å²) in [6, 6.07) is 16.4. The molecular weight excluding hydrogens is 413 g/mol. The van der Waals surface area contributed by atoms with Crippen LogP contribution in [0.2, 0.25) is 0 Å². The summed E-state index contributed by atoms with van der Waals surface area (Å²) in [6.45, 7) is 0.925. The largest absolute Gasteiger partial charge is 0.387 e. The van der Waals surface area contributed by atoms with Crippen molar-refractivity contribution < 1.29 is 9.50 Å². The Morgan fingerprint density at radius 2 is 1.87 bits per heavy atom. The first-order valence-corrected chi connectivity index (χ1v) is 11.2. The van der Waals surface area contributed by atoms with E-state index in [1.807, 2.05) is 30.3 Å². The summed E-state index contributed by atoms with van der Waals surface area (Å²) >= 11 is 1.34. The lowest BCUT2D eigenvalue weighted by molar-refractivity contribution is 0.103. The molecule has 5 nitrogen and oxygen atoms in total. The number of hydrogen-bond donors (Lipinski definition) is 2. The molecule has 0 spiro atoms. The van der Waals surface area contributed by atoms with E-state index in [0.717, 1.165) is 18.4 Å². The Kier molecular flexibility index (Phi) is 5.40. The zero-order chi connectivity index (χ0) is 21.4. The van der Waals surface area contributed by atoms with E-state index >= 15 is 0 Å². The zero-order valence-electron chi connectivity index (χ0n) is 16.8. The molecule has 31 heavy (non-hydrogen) atoms. The third-order valence-corrected chi connectivity index (χ3v) is 6.54. The number of fused-ring (bicyclic) bond motifs is 1. The smallest absolute Gasteiger partial charge is 0.260 e. The van der Waals surface area contributed by atoms with Crippen molar-refractivity contribution in [3.8, 4) is 11.1 Å². The Bertz CT molecular complexity index is 1270. The van der Waals surface area contributed by atoms with Crippen LogP contribution in [0.3, 0.4) is 0 Å². The van der Waals surface area contributed by atoms with E-state index in [4.69, 9.17) is 0 Å². The molecule has 5 rings (SSSR count). The topological polar surface area (TPSA) is 69.2 Å². The molecule has 0 saturated heterocycles. The number of H-pyrrole nitrogens is 1. The number of aliphatic hydroxyl groups excluding tert-OH is 1. The molecule has 1 aliphatic rings. The van der Waals surface area contributed by atoms with Crippen LogP contribution in [0.5, 0.6) is 0 Å². The van der Waals surface area contributed by atoms with Gasteiger partial charge in [-0.2, -0.15) is 0 Å². The molecule has 2 aromatic heterocycles. The van der Waals surface area contributed by atoms with Gasteiger partial charge in [0.15, 0.2) is 0 Å². The summed E-state index contributed by atoms with van der Waals surface area (Å²) in [4.78, 5) is 23.2. The van der Waals surface area contributed by atoms with Gasteiger partial charge < -0.3 is 10.1 Å². The molecule has 1 unspecified atom stereocenters. The minimum Gasteiger partial charge on any atom is -0.387 e. The van der Waals surface area contributed by atoms with Crippen LogP contribution in [0.4, 0.5) is 4.39 Å². The summed E-state index contributed by atoms with van der Waals surface area (Å²) < 4.78 is 14.3. The fourth-order valence-corrected chi connectivity index (χ4v) is 4.88. The Morgan fingerprint density at radius 3 is 2.61 bits per heavy atom. The monoisotopic (exact) mass is 435 g/mol. The van der Waals surface area contributed by atoms with E-state index in [-0.39, 0.29) is 11.4 Å². The van der Waals surface area contributed by atoms with E-state index in [1.54, 1.807) is 23.6 Å². The second-order valence-corrected chi connectivity index (χ2v) is 8.77. The first-order valence-electron chi connectivity index (χ1n) is 10.3. The molecule has 0 amide bonds. The van der Waals surface area contributed by atoms with E-state index in [0.29, 0.717) is 46.3 Å². The molecule has 1 aliphatic carbocycles. The van der Waals surface area contributed by atoms with E-state index in [9.17, 15) is 14.3 Å². The molecule has 158 valence electrons. The standard InChI is InChI=1S/C24H22FN3O2S/c25-19-9-5-4-8-17(19)18-14-31-24-22(18)23(30)26-21(27-24)13-28(16-10-11-16)12-20(29)15-6-2-1-3-7-15/h1-9,14,16,20,29H,10-13H2,(H,26,27,30).